The zero-order valence-corrected chi connectivity index (χ0v) is 13.6. The summed E-state index contributed by atoms with van der Waals surface area (Å²) in [4.78, 5) is 11.6. The first kappa shape index (κ1) is 17.3. The summed E-state index contributed by atoms with van der Waals surface area (Å²) in [6, 6.07) is -0.187. The van der Waals surface area contributed by atoms with E-state index in [1.807, 2.05) is 6.92 Å². The minimum absolute atomic E-state index is 0.0495. The molecule has 1 aliphatic heterocycles. The Bertz CT molecular complexity index is 422. The van der Waals surface area contributed by atoms with Crippen LogP contribution in [0, 0.1) is 0 Å². The summed E-state index contributed by atoms with van der Waals surface area (Å²) >= 11 is 17.5. The van der Waals surface area contributed by atoms with Crippen LogP contribution in [0.2, 0.25) is 0 Å². The average Bonchev–Trinajstić information content (AvgIpc) is 2.56. The maximum absolute atomic E-state index is 11.6. The molecule has 112 valence electrons. The second-order valence-electron chi connectivity index (χ2n) is 4.69. The van der Waals surface area contributed by atoms with E-state index in [1.54, 1.807) is 5.32 Å². The Morgan fingerprint density at radius 3 is 2.53 bits per heavy atom. The molecule has 0 aromatic heterocycles. The molecule has 1 amide bonds. The smallest absolute Gasteiger partial charge is 0.262 e. The van der Waals surface area contributed by atoms with Crippen LogP contribution >= 0.6 is 34.8 Å². The van der Waals surface area contributed by atoms with Gasteiger partial charge in [0.05, 0.1) is 5.75 Å². The van der Waals surface area contributed by atoms with E-state index in [-0.39, 0.29) is 23.5 Å². The van der Waals surface area contributed by atoms with Crippen LogP contribution in [0.3, 0.4) is 0 Å². The fourth-order valence-corrected chi connectivity index (χ4v) is 4.10. The lowest BCUT2D eigenvalue weighted by molar-refractivity contribution is -0.719. The van der Waals surface area contributed by atoms with Gasteiger partial charge in [-0.2, -0.15) is 0 Å². The number of sulfone groups is 1. The number of nitrogens with one attached hydrogen (secondary N) is 1. The van der Waals surface area contributed by atoms with Crippen molar-refractivity contribution in [3.05, 3.63) is 0 Å². The van der Waals surface area contributed by atoms with E-state index in [0.717, 1.165) is 0 Å². The fraction of sp³-hybridized carbons (Fsp3) is 0.900. The van der Waals surface area contributed by atoms with E-state index in [2.05, 4.69) is 5.32 Å². The third-order valence-electron chi connectivity index (χ3n) is 2.88. The lowest BCUT2D eigenvalue weighted by atomic mass is 10.2. The summed E-state index contributed by atoms with van der Waals surface area (Å²) in [7, 11) is -3.00. The predicted octanol–water partition coefficient (Wildman–Crippen LogP) is 0.350. The number of alkyl halides is 3. The van der Waals surface area contributed by atoms with Gasteiger partial charge < -0.3 is 10.6 Å². The summed E-state index contributed by atoms with van der Waals surface area (Å²) in [5.41, 5.74) is 0. The molecule has 0 aliphatic carbocycles. The Morgan fingerprint density at radius 1 is 1.47 bits per heavy atom. The highest BCUT2D eigenvalue weighted by molar-refractivity contribution is 7.91. The molecule has 1 saturated heterocycles. The minimum Gasteiger partial charge on any atom is -0.320 e. The molecule has 0 spiro atoms. The molecule has 3 N–H and O–H groups in total. The number of nitrogens with two attached hydrogens (primary N) is 1. The Kier molecular flexibility index (Phi) is 6.20. The maximum Gasteiger partial charge on any atom is 0.262 e. The van der Waals surface area contributed by atoms with Crippen molar-refractivity contribution in [3.63, 3.8) is 0 Å². The van der Waals surface area contributed by atoms with Crippen molar-refractivity contribution >= 4 is 50.5 Å². The van der Waals surface area contributed by atoms with Crippen LogP contribution in [0.25, 0.3) is 0 Å². The van der Waals surface area contributed by atoms with Gasteiger partial charge in [0.15, 0.2) is 9.84 Å². The molecular weight excluding hydrogens is 335 g/mol. The highest BCUT2D eigenvalue weighted by Crippen LogP contribution is 2.27. The van der Waals surface area contributed by atoms with E-state index < -0.39 is 19.8 Å². The first-order valence-corrected chi connectivity index (χ1v) is 9.01. The van der Waals surface area contributed by atoms with Gasteiger partial charge in [0, 0.05) is 12.8 Å². The van der Waals surface area contributed by atoms with E-state index in [9.17, 15) is 13.2 Å². The zero-order chi connectivity index (χ0) is 14.7. The molecule has 9 heteroatoms. The Balaban J connectivity index is 2.63. The van der Waals surface area contributed by atoms with Crippen LogP contribution < -0.4 is 10.6 Å². The van der Waals surface area contributed by atoms with E-state index in [1.165, 1.54) is 0 Å². The van der Waals surface area contributed by atoms with Gasteiger partial charge in [0.25, 0.3) is 3.79 Å². The number of amides is 1. The van der Waals surface area contributed by atoms with Gasteiger partial charge in [0.2, 0.25) is 12.1 Å². The molecule has 0 radical (unpaired) electrons. The average molecular weight is 353 g/mol. The zero-order valence-electron chi connectivity index (χ0n) is 10.5. The minimum atomic E-state index is -3.00. The van der Waals surface area contributed by atoms with Crippen LogP contribution in [0.15, 0.2) is 0 Å². The number of hydrogen-bond donors (Lipinski definition) is 2. The van der Waals surface area contributed by atoms with E-state index >= 15 is 0 Å². The quantitative estimate of drug-likeness (QED) is 0.553. The molecule has 1 heterocycles. The van der Waals surface area contributed by atoms with E-state index in [0.29, 0.717) is 19.3 Å². The van der Waals surface area contributed by atoms with Crippen molar-refractivity contribution in [2.75, 3.05) is 11.5 Å². The third kappa shape index (κ3) is 6.04. The largest absolute Gasteiger partial charge is 0.320 e. The second kappa shape index (κ2) is 6.80. The molecule has 1 rings (SSSR count). The summed E-state index contributed by atoms with van der Waals surface area (Å²) in [5.74, 6) is -0.0201. The Labute approximate surface area is 128 Å². The van der Waals surface area contributed by atoms with Gasteiger partial charge in [-0.05, 0) is 6.42 Å². The molecule has 1 aliphatic rings. The highest BCUT2D eigenvalue weighted by Gasteiger charge is 2.41. The van der Waals surface area contributed by atoms with Gasteiger partial charge in [-0.15, -0.1) is 0 Å². The van der Waals surface area contributed by atoms with Crippen molar-refractivity contribution < 1.29 is 18.5 Å². The normalized spacial score (nSPS) is 24.1. The maximum atomic E-state index is 11.6. The van der Waals surface area contributed by atoms with Crippen molar-refractivity contribution in [1.82, 2.24) is 5.32 Å². The van der Waals surface area contributed by atoms with Gasteiger partial charge in [0.1, 0.15) is 11.8 Å². The molecule has 5 nitrogen and oxygen atoms in total. The highest BCUT2D eigenvalue weighted by atomic mass is 35.6. The number of carbonyl (C=O) groups excluding carboxylic acids is 1. The molecule has 1 fully saturated rings. The van der Waals surface area contributed by atoms with Crippen molar-refractivity contribution in [2.24, 2.45) is 0 Å². The van der Waals surface area contributed by atoms with Crippen LogP contribution in [0.1, 0.15) is 26.2 Å². The van der Waals surface area contributed by atoms with Crippen molar-refractivity contribution in [3.8, 4) is 0 Å². The van der Waals surface area contributed by atoms with Crippen molar-refractivity contribution in [2.45, 2.75) is 42.2 Å². The number of carbonyl (C=O) groups is 1. The Morgan fingerprint density at radius 2 is 2.11 bits per heavy atom. The molecular formula is C10H18Cl3N2O3S+. The molecule has 0 aromatic carbocycles. The number of rotatable bonds is 5. The van der Waals surface area contributed by atoms with Crippen LogP contribution in [0.5, 0.6) is 0 Å². The summed E-state index contributed by atoms with van der Waals surface area (Å²) < 4.78 is 21.1. The fourth-order valence-electron chi connectivity index (χ4n) is 1.96. The third-order valence-corrected chi connectivity index (χ3v) is 5.38. The van der Waals surface area contributed by atoms with Gasteiger partial charge >= 0.3 is 0 Å². The predicted molar refractivity (Wildman–Crippen MR) is 76.1 cm³/mol. The lowest BCUT2D eigenvalue weighted by Crippen LogP contribution is -3.00. The van der Waals surface area contributed by atoms with Crippen LogP contribution in [-0.2, 0) is 14.6 Å². The standard InChI is InChI=1S/C10H17Cl3N2O3S/c1-2-3-8(16)15-9(10(11,12)13)14-7-4-5-19(17,18)6-7/h7,9,14H,2-6H2,1H3,(H,15,16)/p+1/t7-,9+/m1/s1. The van der Waals surface area contributed by atoms with Crippen LogP contribution in [-0.4, -0.2) is 41.8 Å². The number of halogens is 3. The number of quaternary nitrogens is 1. The van der Waals surface area contributed by atoms with E-state index in [4.69, 9.17) is 34.8 Å². The lowest BCUT2D eigenvalue weighted by Gasteiger charge is -2.25. The SMILES string of the molecule is CCCC(=O)N[C@H]([NH2+][C@@H]1CCS(=O)(=O)C1)C(Cl)(Cl)Cl. The molecule has 0 saturated carbocycles. The first-order valence-electron chi connectivity index (χ1n) is 6.05. The topological polar surface area (TPSA) is 79.8 Å². The number of hydrogen-bond acceptors (Lipinski definition) is 3. The second-order valence-corrected chi connectivity index (χ2v) is 9.29. The van der Waals surface area contributed by atoms with Crippen LogP contribution in [0.4, 0.5) is 0 Å². The molecule has 0 unspecified atom stereocenters. The van der Waals surface area contributed by atoms with Gasteiger partial charge in [-0.3, -0.25) is 4.79 Å². The summed E-state index contributed by atoms with van der Waals surface area (Å²) in [6.45, 7) is 1.87. The Hall–Kier alpha value is 0.250. The summed E-state index contributed by atoms with van der Waals surface area (Å²) in [5, 5.41) is 4.26. The monoisotopic (exact) mass is 351 g/mol. The molecule has 0 bridgehead atoms. The van der Waals surface area contributed by atoms with Crippen molar-refractivity contribution in [1.29, 1.82) is 0 Å². The van der Waals surface area contributed by atoms with Gasteiger partial charge in [-0.25, -0.2) is 8.42 Å². The summed E-state index contributed by atoms with van der Waals surface area (Å²) in [6.07, 6.45) is 0.753. The van der Waals surface area contributed by atoms with Gasteiger partial charge in [-0.1, -0.05) is 41.7 Å². The molecule has 2 atom stereocenters. The molecule has 0 aromatic rings. The first-order chi connectivity index (χ1) is 8.64. The molecule has 19 heavy (non-hydrogen) atoms.